The van der Waals surface area contributed by atoms with E-state index in [9.17, 15) is 8.42 Å². The summed E-state index contributed by atoms with van der Waals surface area (Å²) in [4.78, 5) is 0.245. The van der Waals surface area contributed by atoms with Gasteiger partial charge in [-0.15, -0.1) is 0 Å². The molecule has 0 amide bonds. The SMILES string of the molecule is CC1CCCN(S(=O)(=O)c2cnn(C)c2)c2ccccc21. The average Bonchev–Trinajstić information content (AvgIpc) is 2.83. The van der Waals surface area contributed by atoms with Gasteiger partial charge < -0.3 is 0 Å². The lowest BCUT2D eigenvalue weighted by Crippen LogP contribution is -2.31. The number of fused-ring (bicyclic) bond motifs is 1. The summed E-state index contributed by atoms with van der Waals surface area (Å²) in [6.07, 6.45) is 4.81. The zero-order chi connectivity index (χ0) is 15.0. The van der Waals surface area contributed by atoms with Crippen LogP contribution in [0.5, 0.6) is 0 Å². The van der Waals surface area contributed by atoms with Crippen molar-refractivity contribution in [2.24, 2.45) is 7.05 Å². The average molecular weight is 305 g/mol. The van der Waals surface area contributed by atoms with Crippen LogP contribution in [0.4, 0.5) is 5.69 Å². The molecule has 1 aromatic heterocycles. The maximum Gasteiger partial charge on any atom is 0.267 e. The number of anilines is 1. The third-order valence-electron chi connectivity index (χ3n) is 4.00. The van der Waals surface area contributed by atoms with Crippen LogP contribution in [-0.4, -0.2) is 24.7 Å². The van der Waals surface area contributed by atoms with Gasteiger partial charge in [0.2, 0.25) is 0 Å². The van der Waals surface area contributed by atoms with E-state index in [4.69, 9.17) is 0 Å². The highest BCUT2D eigenvalue weighted by atomic mass is 32.2. The van der Waals surface area contributed by atoms with Crippen molar-refractivity contribution in [2.75, 3.05) is 10.8 Å². The van der Waals surface area contributed by atoms with Crippen molar-refractivity contribution < 1.29 is 8.42 Å². The van der Waals surface area contributed by atoms with E-state index in [0.717, 1.165) is 24.1 Å². The van der Waals surface area contributed by atoms with E-state index >= 15 is 0 Å². The van der Waals surface area contributed by atoms with Gasteiger partial charge in [0.25, 0.3) is 10.0 Å². The Hall–Kier alpha value is -1.82. The molecule has 6 heteroatoms. The smallest absolute Gasteiger partial charge is 0.267 e. The highest BCUT2D eigenvalue weighted by molar-refractivity contribution is 7.92. The maximum atomic E-state index is 12.9. The quantitative estimate of drug-likeness (QED) is 0.856. The van der Waals surface area contributed by atoms with Crippen LogP contribution in [0, 0.1) is 0 Å². The van der Waals surface area contributed by atoms with E-state index in [0.29, 0.717) is 12.5 Å². The van der Waals surface area contributed by atoms with Gasteiger partial charge in [-0.05, 0) is 30.4 Å². The summed E-state index contributed by atoms with van der Waals surface area (Å²) < 4.78 is 28.8. The number of hydrogen-bond acceptors (Lipinski definition) is 3. The van der Waals surface area contributed by atoms with Crippen molar-refractivity contribution in [3.05, 3.63) is 42.2 Å². The molecule has 0 bridgehead atoms. The van der Waals surface area contributed by atoms with Gasteiger partial charge in [-0.25, -0.2) is 8.42 Å². The fourth-order valence-electron chi connectivity index (χ4n) is 2.86. The lowest BCUT2D eigenvalue weighted by atomic mass is 9.96. The first-order valence-electron chi connectivity index (χ1n) is 7.10. The number of aromatic nitrogens is 2. The molecule has 0 aliphatic carbocycles. The number of nitrogens with zero attached hydrogens (tertiary/aromatic N) is 3. The van der Waals surface area contributed by atoms with Crippen LogP contribution in [-0.2, 0) is 17.1 Å². The molecule has 1 unspecified atom stereocenters. The fourth-order valence-corrected chi connectivity index (χ4v) is 4.37. The lowest BCUT2D eigenvalue weighted by molar-refractivity contribution is 0.587. The molecule has 0 saturated carbocycles. The second-order valence-corrected chi connectivity index (χ2v) is 7.39. The van der Waals surface area contributed by atoms with Crippen molar-refractivity contribution in [3.63, 3.8) is 0 Å². The molecule has 3 rings (SSSR count). The van der Waals surface area contributed by atoms with E-state index in [2.05, 4.69) is 12.0 Å². The molecule has 21 heavy (non-hydrogen) atoms. The zero-order valence-corrected chi connectivity index (χ0v) is 13.0. The minimum atomic E-state index is -3.55. The second-order valence-electron chi connectivity index (χ2n) is 5.53. The molecule has 0 radical (unpaired) electrons. The van der Waals surface area contributed by atoms with Crippen molar-refractivity contribution in [1.82, 2.24) is 9.78 Å². The van der Waals surface area contributed by atoms with Crippen molar-refractivity contribution in [2.45, 2.75) is 30.6 Å². The Labute approximate surface area is 125 Å². The van der Waals surface area contributed by atoms with Gasteiger partial charge >= 0.3 is 0 Å². The molecule has 1 atom stereocenters. The van der Waals surface area contributed by atoms with Gasteiger partial charge in [0, 0.05) is 19.8 Å². The first kappa shape index (κ1) is 14.1. The molecule has 0 N–H and O–H groups in total. The van der Waals surface area contributed by atoms with Gasteiger partial charge in [-0.3, -0.25) is 8.99 Å². The van der Waals surface area contributed by atoms with Crippen LogP contribution in [0.1, 0.15) is 31.2 Å². The monoisotopic (exact) mass is 305 g/mol. The van der Waals surface area contributed by atoms with Crippen molar-refractivity contribution in [1.29, 1.82) is 0 Å². The lowest BCUT2D eigenvalue weighted by Gasteiger charge is -2.24. The van der Waals surface area contributed by atoms with Gasteiger partial charge in [0.05, 0.1) is 11.9 Å². The second kappa shape index (κ2) is 5.18. The first-order chi connectivity index (χ1) is 10.00. The first-order valence-corrected chi connectivity index (χ1v) is 8.54. The molecule has 0 saturated heterocycles. The Bertz CT molecular complexity index is 752. The molecule has 5 nitrogen and oxygen atoms in total. The highest BCUT2D eigenvalue weighted by Crippen LogP contribution is 2.36. The minimum absolute atomic E-state index is 0.245. The maximum absolute atomic E-state index is 12.9. The van der Waals surface area contributed by atoms with E-state index in [1.807, 2.05) is 24.3 Å². The number of benzene rings is 1. The fraction of sp³-hybridized carbons (Fsp3) is 0.400. The number of aryl methyl sites for hydroxylation is 1. The van der Waals surface area contributed by atoms with Gasteiger partial charge in [0.1, 0.15) is 4.90 Å². The molecule has 1 aliphatic rings. The Morgan fingerprint density at radius 3 is 2.76 bits per heavy atom. The van der Waals surface area contributed by atoms with Crippen LogP contribution in [0.15, 0.2) is 41.6 Å². The summed E-state index contributed by atoms with van der Waals surface area (Å²) in [6, 6.07) is 7.78. The van der Waals surface area contributed by atoms with Crippen LogP contribution in [0.3, 0.4) is 0 Å². The van der Waals surface area contributed by atoms with E-state index in [-0.39, 0.29) is 4.90 Å². The predicted octanol–water partition coefficient (Wildman–Crippen LogP) is 2.51. The molecule has 112 valence electrons. The topological polar surface area (TPSA) is 55.2 Å². The molecule has 2 aromatic rings. The molecule has 1 aliphatic heterocycles. The number of para-hydroxylation sites is 1. The normalized spacial score (nSPS) is 19.1. The Morgan fingerprint density at radius 2 is 2.05 bits per heavy atom. The summed E-state index contributed by atoms with van der Waals surface area (Å²) in [7, 11) is -1.83. The third kappa shape index (κ3) is 2.44. The van der Waals surface area contributed by atoms with Crippen LogP contribution >= 0.6 is 0 Å². The third-order valence-corrected chi connectivity index (χ3v) is 5.77. The van der Waals surface area contributed by atoms with Gasteiger partial charge in [-0.2, -0.15) is 5.10 Å². The van der Waals surface area contributed by atoms with Crippen LogP contribution < -0.4 is 4.31 Å². The Morgan fingerprint density at radius 1 is 1.29 bits per heavy atom. The standard InChI is InChI=1S/C15H19N3O2S/c1-12-6-5-9-18(15-8-4-3-7-14(12)15)21(19,20)13-10-16-17(2)11-13/h3-4,7-8,10-12H,5-6,9H2,1-2H3. The molecular formula is C15H19N3O2S. The highest BCUT2D eigenvalue weighted by Gasteiger charge is 2.30. The largest absolute Gasteiger partial charge is 0.274 e. The summed E-state index contributed by atoms with van der Waals surface area (Å²) >= 11 is 0. The van der Waals surface area contributed by atoms with E-state index in [1.165, 1.54) is 15.2 Å². The predicted molar refractivity (Wildman–Crippen MR) is 81.8 cm³/mol. The summed E-state index contributed by atoms with van der Waals surface area (Å²) in [6.45, 7) is 2.66. The summed E-state index contributed by atoms with van der Waals surface area (Å²) in [5.74, 6) is 0.371. The molecule has 0 spiro atoms. The van der Waals surface area contributed by atoms with Gasteiger partial charge in [-0.1, -0.05) is 25.1 Å². The van der Waals surface area contributed by atoms with E-state index < -0.39 is 10.0 Å². The van der Waals surface area contributed by atoms with Gasteiger partial charge in [0.15, 0.2) is 0 Å². The van der Waals surface area contributed by atoms with E-state index in [1.54, 1.807) is 13.2 Å². The molecule has 2 heterocycles. The molecular weight excluding hydrogens is 286 g/mol. The summed E-state index contributed by atoms with van der Waals surface area (Å²) in [5, 5.41) is 3.98. The Kier molecular flexibility index (Phi) is 3.49. The Balaban J connectivity index is 2.12. The zero-order valence-electron chi connectivity index (χ0n) is 12.2. The number of sulfonamides is 1. The van der Waals surface area contributed by atoms with Crippen molar-refractivity contribution in [3.8, 4) is 0 Å². The molecule has 0 fully saturated rings. The summed E-state index contributed by atoms with van der Waals surface area (Å²) in [5.41, 5.74) is 1.90. The number of rotatable bonds is 2. The van der Waals surface area contributed by atoms with Crippen LogP contribution in [0.2, 0.25) is 0 Å². The van der Waals surface area contributed by atoms with Crippen molar-refractivity contribution >= 4 is 15.7 Å². The van der Waals surface area contributed by atoms with Crippen LogP contribution in [0.25, 0.3) is 0 Å². The molecule has 1 aromatic carbocycles. The number of hydrogen-bond donors (Lipinski definition) is 0. The minimum Gasteiger partial charge on any atom is -0.274 e.